The summed E-state index contributed by atoms with van der Waals surface area (Å²) in [5.41, 5.74) is 1.61. The highest BCUT2D eigenvalue weighted by molar-refractivity contribution is 7.92. The van der Waals surface area contributed by atoms with E-state index in [1.807, 2.05) is 30.3 Å². The summed E-state index contributed by atoms with van der Waals surface area (Å²) >= 11 is 0. The van der Waals surface area contributed by atoms with Gasteiger partial charge in [-0.2, -0.15) is 0 Å². The summed E-state index contributed by atoms with van der Waals surface area (Å²) in [6.45, 7) is 0.877. The molecule has 7 nitrogen and oxygen atoms in total. The predicted octanol–water partition coefficient (Wildman–Crippen LogP) is 3.45. The molecule has 0 aliphatic heterocycles. The van der Waals surface area contributed by atoms with Gasteiger partial charge in [-0.3, -0.25) is 9.52 Å². The highest BCUT2D eigenvalue weighted by atomic mass is 32.2. The van der Waals surface area contributed by atoms with Crippen LogP contribution in [0.1, 0.15) is 15.9 Å². The molecule has 0 radical (unpaired) electrons. The molecule has 0 fully saturated rings. The molecule has 0 saturated carbocycles. The average molecular weight is 441 g/mol. The molecule has 1 amide bonds. The molecule has 3 rings (SSSR count). The second-order valence-corrected chi connectivity index (χ2v) is 8.51. The van der Waals surface area contributed by atoms with Crippen LogP contribution in [0, 0.1) is 0 Å². The Bertz CT molecular complexity index is 1120. The number of ether oxygens (including phenoxy) is 2. The van der Waals surface area contributed by atoms with Crippen LogP contribution in [-0.4, -0.2) is 33.8 Å². The zero-order valence-electron chi connectivity index (χ0n) is 17.1. The van der Waals surface area contributed by atoms with Gasteiger partial charge in [-0.25, -0.2) is 8.42 Å². The fourth-order valence-corrected chi connectivity index (χ4v) is 3.40. The molecule has 0 aromatic heterocycles. The van der Waals surface area contributed by atoms with Gasteiger partial charge in [0.05, 0.1) is 11.8 Å². The third-order valence-electron chi connectivity index (χ3n) is 4.17. The Morgan fingerprint density at radius 1 is 0.871 bits per heavy atom. The van der Waals surface area contributed by atoms with E-state index < -0.39 is 10.0 Å². The van der Waals surface area contributed by atoms with Crippen molar-refractivity contribution >= 4 is 21.6 Å². The molecule has 0 unspecified atom stereocenters. The van der Waals surface area contributed by atoms with E-state index >= 15 is 0 Å². The molecular weight excluding hydrogens is 416 g/mol. The van der Waals surface area contributed by atoms with Gasteiger partial charge in [0.25, 0.3) is 5.91 Å². The molecule has 2 N–H and O–H groups in total. The Balaban J connectivity index is 1.55. The van der Waals surface area contributed by atoms with Crippen LogP contribution in [0.3, 0.4) is 0 Å². The Kier molecular flexibility index (Phi) is 7.50. The highest BCUT2D eigenvalue weighted by Crippen LogP contribution is 2.19. The molecule has 0 aliphatic rings. The van der Waals surface area contributed by atoms with E-state index in [1.54, 1.807) is 48.5 Å². The quantitative estimate of drug-likeness (QED) is 0.471. The lowest BCUT2D eigenvalue weighted by Gasteiger charge is -2.13. The van der Waals surface area contributed by atoms with E-state index in [0.717, 1.165) is 17.6 Å². The minimum Gasteiger partial charge on any atom is -0.490 e. The number of sulfonamides is 1. The van der Waals surface area contributed by atoms with Crippen molar-refractivity contribution in [3.8, 4) is 11.5 Å². The highest BCUT2D eigenvalue weighted by Gasteiger charge is 2.12. The molecule has 0 spiro atoms. The standard InChI is InChI=1S/C23H24N2O5S/c1-31(27,28)25-19-9-7-8-18(16-19)17-24-23(26)21-12-5-6-13-22(21)30-15-14-29-20-10-3-2-4-11-20/h2-13,16,25H,14-15,17H2,1H3,(H,24,26). The second-order valence-electron chi connectivity index (χ2n) is 6.76. The van der Waals surface area contributed by atoms with E-state index in [2.05, 4.69) is 10.0 Å². The molecule has 162 valence electrons. The molecule has 8 heteroatoms. The van der Waals surface area contributed by atoms with Crippen molar-refractivity contribution in [3.63, 3.8) is 0 Å². The zero-order valence-corrected chi connectivity index (χ0v) is 17.9. The number of nitrogens with one attached hydrogen (secondary N) is 2. The maximum atomic E-state index is 12.7. The topological polar surface area (TPSA) is 93.7 Å². The van der Waals surface area contributed by atoms with Gasteiger partial charge in [0.2, 0.25) is 10.0 Å². The molecule has 31 heavy (non-hydrogen) atoms. The van der Waals surface area contributed by atoms with Crippen molar-refractivity contribution in [1.82, 2.24) is 5.32 Å². The van der Waals surface area contributed by atoms with Gasteiger partial charge in [-0.05, 0) is 42.0 Å². The number of anilines is 1. The second kappa shape index (κ2) is 10.5. The molecule has 3 aromatic carbocycles. The summed E-state index contributed by atoms with van der Waals surface area (Å²) in [7, 11) is -3.37. The summed E-state index contributed by atoms with van der Waals surface area (Å²) in [6, 6.07) is 23.2. The van der Waals surface area contributed by atoms with E-state index in [9.17, 15) is 13.2 Å². The van der Waals surface area contributed by atoms with Crippen molar-refractivity contribution in [2.45, 2.75) is 6.54 Å². The average Bonchev–Trinajstić information content (AvgIpc) is 2.75. The largest absolute Gasteiger partial charge is 0.490 e. The van der Waals surface area contributed by atoms with Crippen LogP contribution < -0.4 is 19.5 Å². The lowest BCUT2D eigenvalue weighted by Crippen LogP contribution is -2.24. The Morgan fingerprint density at radius 2 is 1.58 bits per heavy atom. The van der Waals surface area contributed by atoms with Crippen molar-refractivity contribution < 1.29 is 22.7 Å². The first-order valence-corrected chi connectivity index (χ1v) is 11.5. The third kappa shape index (κ3) is 7.35. The minimum absolute atomic E-state index is 0.240. The third-order valence-corrected chi connectivity index (χ3v) is 4.77. The van der Waals surface area contributed by atoms with Crippen molar-refractivity contribution in [3.05, 3.63) is 90.0 Å². The van der Waals surface area contributed by atoms with Gasteiger partial charge >= 0.3 is 0 Å². The zero-order chi connectivity index (χ0) is 22.1. The number of carbonyl (C=O) groups is 1. The van der Waals surface area contributed by atoms with Crippen molar-refractivity contribution in [2.24, 2.45) is 0 Å². The van der Waals surface area contributed by atoms with Crippen LogP contribution in [0.25, 0.3) is 0 Å². The first-order chi connectivity index (χ1) is 14.9. The smallest absolute Gasteiger partial charge is 0.255 e. The molecule has 0 aliphatic carbocycles. The van der Waals surface area contributed by atoms with Gasteiger partial charge in [-0.1, -0.05) is 42.5 Å². The number of benzene rings is 3. The maximum Gasteiger partial charge on any atom is 0.255 e. The lowest BCUT2D eigenvalue weighted by atomic mass is 10.1. The number of hydrogen-bond acceptors (Lipinski definition) is 5. The van der Waals surface area contributed by atoms with Gasteiger partial charge in [0.15, 0.2) is 0 Å². The molecule has 0 atom stereocenters. The number of para-hydroxylation sites is 2. The lowest BCUT2D eigenvalue weighted by molar-refractivity contribution is 0.0945. The summed E-state index contributed by atoms with van der Waals surface area (Å²) in [4.78, 5) is 12.7. The van der Waals surface area contributed by atoms with Crippen molar-refractivity contribution in [2.75, 3.05) is 24.2 Å². The normalized spacial score (nSPS) is 10.9. The molecule has 3 aromatic rings. The number of hydrogen-bond donors (Lipinski definition) is 2. The van der Waals surface area contributed by atoms with Crippen LogP contribution >= 0.6 is 0 Å². The number of amides is 1. The minimum atomic E-state index is -3.37. The Morgan fingerprint density at radius 3 is 2.35 bits per heavy atom. The van der Waals surface area contributed by atoms with Crippen LogP contribution in [0.5, 0.6) is 11.5 Å². The summed E-state index contributed by atoms with van der Waals surface area (Å²) in [5, 5.41) is 2.83. The van der Waals surface area contributed by atoms with Gasteiger partial charge in [0, 0.05) is 12.2 Å². The van der Waals surface area contributed by atoms with Gasteiger partial charge in [-0.15, -0.1) is 0 Å². The fourth-order valence-electron chi connectivity index (χ4n) is 2.84. The first kappa shape index (κ1) is 22.2. The van der Waals surface area contributed by atoms with Crippen molar-refractivity contribution in [1.29, 1.82) is 0 Å². The monoisotopic (exact) mass is 440 g/mol. The van der Waals surface area contributed by atoms with Gasteiger partial charge in [0.1, 0.15) is 24.7 Å². The molecular formula is C23H24N2O5S. The van der Waals surface area contributed by atoms with Crippen LogP contribution in [0.4, 0.5) is 5.69 Å². The van der Waals surface area contributed by atoms with Crippen LogP contribution in [-0.2, 0) is 16.6 Å². The SMILES string of the molecule is CS(=O)(=O)Nc1cccc(CNC(=O)c2ccccc2OCCOc2ccccc2)c1. The van der Waals surface area contributed by atoms with Crippen LogP contribution in [0.15, 0.2) is 78.9 Å². The van der Waals surface area contributed by atoms with Crippen LogP contribution in [0.2, 0.25) is 0 Å². The molecule has 0 heterocycles. The predicted molar refractivity (Wildman–Crippen MR) is 120 cm³/mol. The van der Waals surface area contributed by atoms with E-state index in [0.29, 0.717) is 30.2 Å². The van der Waals surface area contributed by atoms with E-state index in [4.69, 9.17) is 9.47 Å². The maximum absolute atomic E-state index is 12.7. The summed E-state index contributed by atoms with van der Waals surface area (Å²) < 4.78 is 36.5. The molecule has 0 saturated heterocycles. The van der Waals surface area contributed by atoms with Gasteiger partial charge < -0.3 is 14.8 Å². The molecule has 0 bridgehead atoms. The van der Waals surface area contributed by atoms with E-state index in [1.165, 1.54) is 0 Å². The number of rotatable bonds is 10. The Labute approximate surface area is 182 Å². The fraction of sp³-hybridized carbons (Fsp3) is 0.174. The number of carbonyl (C=O) groups excluding carboxylic acids is 1. The summed E-state index contributed by atoms with van der Waals surface area (Å²) in [6.07, 6.45) is 1.09. The van der Waals surface area contributed by atoms with E-state index in [-0.39, 0.29) is 12.5 Å². The first-order valence-electron chi connectivity index (χ1n) is 9.65. The Hall–Kier alpha value is -3.52. The summed E-state index contributed by atoms with van der Waals surface area (Å²) in [5.74, 6) is 0.926.